The van der Waals surface area contributed by atoms with Gasteiger partial charge in [0.2, 0.25) is 0 Å². The number of aliphatic hydroxyl groups is 1. The minimum atomic E-state index is 0.136. The van der Waals surface area contributed by atoms with Gasteiger partial charge < -0.3 is 9.67 Å². The maximum Gasteiger partial charge on any atom is 0.111 e. The van der Waals surface area contributed by atoms with Crippen LogP contribution in [0.15, 0.2) is 24.3 Å². The molecule has 0 saturated heterocycles. The Hall–Kier alpha value is -1.61. The first-order chi connectivity index (χ1) is 8.13. The van der Waals surface area contributed by atoms with Crippen LogP contribution in [0.25, 0.3) is 11.3 Å². The Balaban J connectivity index is 2.52. The Labute approximate surface area is 102 Å². The third-order valence-electron chi connectivity index (χ3n) is 2.99. The van der Waals surface area contributed by atoms with Crippen LogP contribution < -0.4 is 0 Å². The third kappa shape index (κ3) is 2.24. The number of hydrogen-bond acceptors (Lipinski definition) is 2. The Morgan fingerprint density at radius 1 is 1.29 bits per heavy atom. The first-order valence-corrected chi connectivity index (χ1v) is 5.83. The molecule has 90 valence electrons. The van der Waals surface area contributed by atoms with E-state index in [1.165, 1.54) is 11.1 Å². The van der Waals surface area contributed by atoms with Gasteiger partial charge in [0.25, 0.3) is 0 Å². The van der Waals surface area contributed by atoms with Gasteiger partial charge in [-0.1, -0.05) is 23.8 Å². The Morgan fingerprint density at radius 2 is 2.06 bits per heavy atom. The molecule has 17 heavy (non-hydrogen) atoms. The Bertz CT molecular complexity index is 529. The van der Waals surface area contributed by atoms with E-state index in [-0.39, 0.29) is 6.61 Å². The number of aryl methyl sites for hydroxylation is 2. The van der Waals surface area contributed by atoms with Crippen molar-refractivity contribution in [2.45, 2.75) is 20.3 Å². The van der Waals surface area contributed by atoms with Gasteiger partial charge in [0.15, 0.2) is 0 Å². The molecule has 2 rings (SSSR count). The second-order valence-corrected chi connectivity index (χ2v) is 4.36. The molecule has 0 spiro atoms. The molecule has 1 N–H and O–H groups in total. The van der Waals surface area contributed by atoms with E-state index in [9.17, 15) is 0 Å². The average molecular weight is 230 g/mol. The topological polar surface area (TPSA) is 38.1 Å². The molecule has 3 heteroatoms. The standard InChI is InChI=1S/C14H18N2O/c1-10-5-4-6-12(9-10)14-11(2)15-13(7-8-17)16(14)3/h4-6,9,17H,7-8H2,1-3H3. The van der Waals surface area contributed by atoms with E-state index in [0.29, 0.717) is 6.42 Å². The molecule has 1 aromatic heterocycles. The summed E-state index contributed by atoms with van der Waals surface area (Å²) in [5.41, 5.74) is 4.58. The minimum Gasteiger partial charge on any atom is -0.396 e. The van der Waals surface area contributed by atoms with Crippen molar-refractivity contribution < 1.29 is 5.11 Å². The highest BCUT2D eigenvalue weighted by Gasteiger charge is 2.12. The monoisotopic (exact) mass is 230 g/mol. The fourth-order valence-corrected chi connectivity index (χ4v) is 2.21. The number of aromatic nitrogens is 2. The van der Waals surface area contributed by atoms with Crippen molar-refractivity contribution >= 4 is 0 Å². The van der Waals surface area contributed by atoms with E-state index in [1.54, 1.807) is 0 Å². The molecule has 0 saturated carbocycles. The lowest BCUT2D eigenvalue weighted by Crippen LogP contribution is -2.02. The van der Waals surface area contributed by atoms with Crippen molar-refractivity contribution in [2.75, 3.05) is 6.61 Å². The highest BCUT2D eigenvalue weighted by Crippen LogP contribution is 2.24. The van der Waals surface area contributed by atoms with Gasteiger partial charge in [-0.05, 0) is 19.9 Å². The van der Waals surface area contributed by atoms with Gasteiger partial charge in [0.05, 0.1) is 18.0 Å². The highest BCUT2D eigenvalue weighted by molar-refractivity contribution is 5.63. The van der Waals surface area contributed by atoms with E-state index in [2.05, 4.69) is 40.7 Å². The second-order valence-electron chi connectivity index (χ2n) is 4.36. The summed E-state index contributed by atoms with van der Waals surface area (Å²) in [6.07, 6.45) is 0.600. The number of rotatable bonds is 3. The van der Waals surface area contributed by atoms with Gasteiger partial charge in [-0.25, -0.2) is 4.98 Å². The summed E-state index contributed by atoms with van der Waals surface area (Å²) >= 11 is 0. The van der Waals surface area contributed by atoms with Crippen molar-refractivity contribution in [3.05, 3.63) is 41.3 Å². The molecule has 0 aliphatic carbocycles. The molecule has 0 radical (unpaired) electrons. The zero-order valence-electron chi connectivity index (χ0n) is 10.6. The van der Waals surface area contributed by atoms with Crippen molar-refractivity contribution in [3.8, 4) is 11.3 Å². The normalized spacial score (nSPS) is 10.8. The molecule has 0 aliphatic rings. The summed E-state index contributed by atoms with van der Waals surface area (Å²) in [5.74, 6) is 0.932. The van der Waals surface area contributed by atoms with Crippen molar-refractivity contribution in [2.24, 2.45) is 7.05 Å². The van der Waals surface area contributed by atoms with Crippen LogP contribution in [0, 0.1) is 13.8 Å². The molecule has 0 unspecified atom stereocenters. The number of imidazole rings is 1. The largest absolute Gasteiger partial charge is 0.396 e. The van der Waals surface area contributed by atoms with Crippen molar-refractivity contribution in [1.82, 2.24) is 9.55 Å². The second kappa shape index (κ2) is 4.72. The molecule has 1 heterocycles. The van der Waals surface area contributed by atoms with E-state index in [1.807, 2.05) is 14.0 Å². The van der Waals surface area contributed by atoms with Crippen LogP contribution in [0.5, 0.6) is 0 Å². The molecule has 0 bridgehead atoms. The van der Waals surface area contributed by atoms with Crippen LogP contribution in [-0.4, -0.2) is 21.3 Å². The number of hydrogen-bond donors (Lipinski definition) is 1. The SMILES string of the molecule is Cc1cccc(-c2c(C)nc(CCO)n2C)c1. The van der Waals surface area contributed by atoms with Gasteiger partial charge in [-0.3, -0.25) is 0 Å². The molecule has 1 aromatic carbocycles. The number of nitrogens with zero attached hydrogens (tertiary/aromatic N) is 2. The quantitative estimate of drug-likeness (QED) is 0.878. The maximum atomic E-state index is 9.01. The van der Waals surface area contributed by atoms with Crippen LogP contribution in [-0.2, 0) is 13.5 Å². The van der Waals surface area contributed by atoms with Crippen LogP contribution in [0.3, 0.4) is 0 Å². The minimum absolute atomic E-state index is 0.136. The molecule has 0 atom stereocenters. The van der Waals surface area contributed by atoms with Gasteiger partial charge in [-0.15, -0.1) is 0 Å². The summed E-state index contributed by atoms with van der Waals surface area (Å²) in [7, 11) is 2.00. The van der Waals surface area contributed by atoms with E-state index < -0.39 is 0 Å². The fraction of sp³-hybridized carbons (Fsp3) is 0.357. The van der Waals surface area contributed by atoms with Gasteiger partial charge in [0.1, 0.15) is 5.82 Å². The summed E-state index contributed by atoms with van der Waals surface area (Å²) < 4.78 is 2.07. The first-order valence-electron chi connectivity index (χ1n) is 5.83. The van der Waals surface area contributed by atoms with E-state index >= 15 is 0 Å². The summed E-state index contributed by atoms with van der Waals surface area (Å²) in [4.78, 5) is 4.51. The van der Waals surface area contributed by atoms with E-state index in [0.717, 1.165) is 17.2 Å². The highest BCUT2D eigenvalue weighted by atomic mass is 16.3. The summed E-state index contributed by atoms with van der Waals surface area (Å²) in [6, 6.07) is 8.40. The van der Waals surface area contributed by atoms with Gasteiger partial charge >= 0.3 is 0 Å². The first kappa shape index (κ1) is 11.9. The van der Waals surface area contributed by atoms with E-state index in [4.69, 9.17) is 5.11 Å². The van der Waals surface area contributed by atoms with Crippen LogP contribution in [0.1, 0.15) is 17.1 Å². The third-order valence-corrected chi connectivity index (χ3v) is 2.99. The molecule has 0 aliphatic heterocycles. The zero-order valence-corrected chi connectivity index (χ0v) is 10.6. The molecule has 0 amide bonds. The summed E-state index contributed by atoms with van der Waals surface area (Å²) in [5, 5.41) is 9.01. The number of aliphatic hydroxyl groups excluding tert-OH is 1. The smallest absolute Gasteiger partial charge is 0.111 e. The molecular weight excluding hydrogens is 212 g/mol. The van der Waals surface area contributed by atoms with Crippen molar-refractivity contribution in [1.29, 1.82) is 0 Å². The Kier molecular flexibility index (Phi) is 3.29. The lowest BCUT2D eigenvalue weighted by atomic mass is 10.1. The zero-order chi connectivity index (χ0) is 12.4. The van der Waals surface area contributed by atoms with Crippen LogP contribution in [0.2, 0.25) is 0 Å². The van der Waals surface area contributed by atoms with Crippen LogP contribution >= 0.6 is 0 Å². The van der Waals surface area contributed by atoms with Gasteiger partial charge in [0, 0.05) is 19.0 Å². The molecule has 3 nitrogen and oxygen atoms in total. The van der Waals surface area contributed by atoms with Crippen LogP contribution in [0.4, 0.5) is 0 Å². The van der Waals surface area contributed by atoms with Gasteiger partial charge in [-0.2, -0.15) is 0 Å². The summed E-state index contributed by atoms with van der Waals surface area (Å²) in [6.45, 7) is 4.24. The number of benzene rings is 1. The predicted molar refractivity (Wildman–Crippen MR) is 68.9 cm³/mol. The lowest BCUT2D eigenvalue weighted by molar-refractivity contribution is 0.295. The fourth-order valence-electron chi connectivity index (χ4n) is 2.21. The van der Waals surface area contributed by atoms with Crippen molar-refractivity contribution in [3.63, 3.8) is 0 Å². The predicted octanol–water partition coefficient (Wildman–Crippen LogP) is 2.24. The maximum absolute atomic E-state index is 9.01. The average Bonchev–Trinajstić information content (AvgIpc) is 2.55. The molecule has 2 aromatic rings. The Morgan fingerprint density at radius 3 is 2.71 bits per heavy atom. The molecular formula is C14H18N2O. The lowest BCUT2D eigenvalue weighted by Gasteiger charge is -2.07. The molecule has 0 fully saturated rings.